The van der Waals surface area contributed by atoms with Crippen molar-refractivity contribution in [1.82, 2.24) is 5.32 Å². The quantitative estimate of drug-likeness (QED) is 0.856. The third kappa shape index (κ3) is 2.25. The molecule has 0 radical (unpaired) electrons. The molecule has 0 saturated heterocycles. The Kier molecular flexibility index (Phi) is 3.15. The molecule has 4 heteroatoms. The zero-order valence-electron chi connectivity index (χ0n) is 10.7. The average Bonchev–Trinajstić information content (AvgIpc) is 3.10. The van der Waals surface area contributed by atoms with Crippen LogP contribution in [0.1, 0.15) is 32.3 Å². The van der Waals surface area contributed by atoms with Gasteiger partial charge in [-0.3, -0.25) is 4.79 Å². The third-order valence-corrected chi connectivity index (χ3v) is 3.42. The Morgan fingerprint density at radius 1 is 1.44 bits per heavy atom. The van der Waals surface area contributed by atoms with Gasteiger partial charge in [0.05, 0.1) is 17.6 Å². The Hall–Kier alpha value is -1.42. The lowest BCUT2D eigenvalue weighted by atomic mass is 9.93. The molecule has 98 valence electrons. The normalized spacial score (nSPS) is 17.3. The van der Waals surface area contributed by atoms with Crippen LogP contribution in [0.3, 0.4) is 0 Å². The van der Waals surface area contributed by atoms with E-state index in [-0.39, 0.29) is 18.3 Å². The van der Waals surface area contributed by atoms with Crippen molar-refractivity contribution in [3.8, 4) is 0 Å². The smallest absolute Gasteiger partial charge is 0.231 e. The predicted molar refractivity (Wildman–Crippen MR) is 66.6 cm³/mol. The highest BCUT2D eigenvalue weighted by Crippen LogP contribution is 2.49. The molecule has 18 heavy (non-hydrogen) atoms. The van der Waals surface area contributed by atoms with Crippen molar-refractivity contribution in [3.63, 3.8) is 0 Å². The van der Waals surface area contributed by atoms with E-state index in [0.29, 0.717) is 18.4 Å². The van der Waals surface area contributed by atoms with Crippen LogP contribution in [0.15, 0.2) is 24.3 Å². The topological polar surface area (TPSA) is 49.3 Å². The molecule has 0 bridgehead atoms. The van der Waals surface area contributed by atoms with E-state index < -0.39 is 11.0 Å². The van der Waals surface area contributed by atoms with E-state index in [1.165, 1.54) is 6.07 Å². The number of carbonyl (C=O) groups is 1. The molecule has 0 heterocycles. The largest absolute Gasteiger partial charge is 0.394 e. The minimum absolute atomic E-state index is 0.147. The van der Waals surface area contributed by atoms with Crippen molar-refractivity contribution in [1.29, 1.82) is 0 Å². The van der Waals surface area contributed by atoms with Gasteiger partial charge in [-0.1, -0.05) is 18.2 Å². The summed E-state index contributed by atoms with van der Waals surface area (Å²) in [5, 5.41) is 11.9. The predicted octanol–water partition coefficient (Wildman–Crippen LogP) is 1.74. The molecule has 0 aliphatic heterocycles. The molecule has 1 aliphatic rings. The van der Waals surface area contributed by atoms with Gasteiger partial charge in [-0.2, -0.15) is 0 Å². The Morgan fingerprint density at radius 2 is 2.06 bits per heavy atom. The lowest BCUT2D eigenvalue weighted by Gasteiger charge is -2.27. The number of aliphatic hydroxyl groups is 1. The molecule has 0 unspecified atom stereocenters. The summed E-state index contributed by atoms with van der Waals surface area (Å²) >= 11 is 0. The van der Waals surface area contributed by atoms with Crippen LogP contribution in [0.2, 0.25) is 0 Å². The van der Waals surface area contributed by atoms with E-state index in [9.17, 15) is 9.18 Å². The molecule has 1 aromatic rings. The van der Waals surface area contributed by atoms with Crippen molar-refractivity contribution in [2.45, 2.75) is 37.6 Å². The molecule has 2 rings (SSSR count). The van der Waals surface area contributed by atoms with Crippen molar-refractivity contribution < 1.29 is 14.3 Å². The first-order chi connectivity index (χ1) is 8.41. The summed E-state index contributed by atoms with van der Waals surface area (Å²) in [6.07, 6.45) is 1.31. The van der Waals surface area contributed by atoms with Crippen molar-refractivity contribution in [3.05, 3.63) is 35.6 Å². The maximum Gasteiger partial charge on any atom is 0.231 e. The van der Waals surface area contributed by atoms with Gasteiger partial charge in [0, 0.05) is 5.56 Å². The van der Waals surface area contributed by atoms with Crippen molar-refractivity contribution >= 4 is 5.91 Å². The monoisotopic (exact) mass is 251 g/mol. The van der Waals surface area contributed by atoms with Crippen LogP contribution in [0.25, 0.3) is 0 Å². The van der Waals surface area contributed by atoms with E-state index in [1.807, 2.05) is 0 Å². The van der Waals surface area contributed by atoms with Crippen LogP contribution in [0.4, 0.5) is 4.39 Å². The highest BCUT2D eigenvalue weighted by molar-refractivity contribution is 5.91. The van der Waals surface area contributed by atoms with Gasteiger partial charge in [0.2, 0.25) is 5.91 Å². The van der Waals surface area contributed by atoms with Crippen molar-refractivity contribution in [2.24, 2.45) is 0 Å². The Morgan fingerprint density at radius 3 is 2.56 bits per heavy atom. The number of benzene rings is 1. The van der Waals surface area contributed by atoms with Crippen LogP contribution in [0, 0.1) is 5.82 Å². The second kappa shape index (κ2) is 4.35. The molecule has 0 aromatic heterocycles. The van der Waals surface area contributed by atoms with E-state index in [2.05, 4.69) is 5.32 Å². The highest BCUT2D eigenvalue weighted by atomic mass is 19.1. The zero-order valence-corrected chi connectivity index (χ0v) is 10.7. The van der Waals surface area contributed by atoms with Gasteiger partial charge in [0.1, 0.15) is 5.82 Å². The number of hydrogen-bond acceptors (Lipinski definition) is 2. The lowest BCUT2D eigenvalue weighted by Crippen LogP contribution is -2.50. The Bertz CT molecular complexity index is 467. The molecule has 2 N–H and O–H groups in total. The number of rotatable bonds is 4. The summed E-state index contributed by atoms with van der Waals surface area (Å²) in [6, 6.07) is 6.39. The van der Waals surface area contributed by atoms with E-state index in [4.69, 9.17) is 5.11 Å². The summed E-state index contributed by atoms with van der Waals surface area (Å²) in [5.41, 5.74) is -0.966. The SMILES string of the molecule is CC(C)(CO)NC(=O)C1(c2ccccc2F)CC1. The molecule has 1 aromatic carbocycles. The number of halogens is 1. The van der Waals surface area contributed by atoms with Gasteiger partial charge in [0.15, 0.2) is 0 Å². The van der Waals surface area contributed by atoms with Crippen molar-refractivity contribution in [2.75, 3.05) is 6.61 Å². The lowest BCUT2D eigenvalue weighted by molar-refractivity contribution is -0.125. The van der Waals surface area contributed by atoms with E-state index in [0.717, 1.165) is 0 Å². The maximum atomic E-state index is 13.8. The molecule has 1 saturated carbocycles. The summed E-state index contributed by atoms with van der Waals surface area (Å²) in [5.74, 6) is -0.543. The third-order valence-electron chi connectivity index (χ3n) is 3.42. The van der Waals surface area contributed by atoms with Crippen LogP contribution < -0.4 is 5.32 Å². The van der Waals surface area contributed by atoms with Crippen LogP contribution in [-0.2, 0) is 10.2 Å². The minimum atomic E-state index is -0.738. The van der Waals surface area contributed by atoms with Gasteiger partial charge >= 0.3 is 0 Å². The van der Waals surface area contributed by atoms with Gasteiger partial charge < -0.3 is 10.4 Å². The number of aliphatic hydroxyl groups excluding tert-OH is 1. The summed E-state index contributed by atoms with van der Waals surface area (Å²) in [7, 11) is 0. The summed E-state index contributed by atoms with van der Waals surface area (Å²) in [4.78, 5) is 12.3. The molecule has 3 nitrogen and oxygen atoms in total. The molecule has 0 spiro atoms. The maximum absolute atomic E-state index is 13.8. The first-order valence-corrected chi connectivity index (χ1v) is 6.10. The van der Waals surface area contributed by atoms with Gasteiger partial charge in [-0.25, -0.2) is 4.39 Å². The van der Waals surface area contributed by atoms with Gasteiger partial charge in [-0.05, 0) is 32.8 Å². The molecule has 1 aliphatic carbocycles. The molecule has 1 amide bonds. The van der Waals surface area contributed by atoms with E-state index in [1.54, 1.807) is 32.0 Å². The first-order valence-electron chi connectivity index (χ1n) is 6.10. The number of carbonyl (C=O) groups excluding carboxylic acids is 1. The second-order valence-electron chi connectivity index (χ2n) is 5.56. The Balaban J connectivity index is 2.23. The Labute approximate surface area is 106 Å². The summed E-state index contributed by atoms with van der Waals surface area (Å²) in [6.45, 7) is 3.33. The fourth-order valence-corrected chi connectivity index (χ4v) is 2.06. The minimum Gasteiger partial charge on any atom is -0.394 e. The zero-order chi connectivity index (χ0) is 13.4. The molecular weight excluding hydrogens is 233 g/mol. The number of nitrogens with one attached hydrogen (secondary N) is 1. The standard InChI is InChI=1S/C14H18FNO2/c1-13(2,9-17)16-12(18)14(7-8-14)10-5-3-4-6-11(10)15/h3-6,17H,7-9H2,1-2H3,(H,16,18). The summed E-state index contributed by atoms with van der Waals surface area (Å²) < 4.78 is 13.8. The number of hydrogen-bond donors (Lipinski definition) is 2. The molecule has 1 fully saturated rings. The van der Waals surface area contributed by atoms with Gasteiger partial charge in [0.25, 0.3) is 0 Å². The second-order valence-corrected chi connectivity index (χ2v) is 5.56. The first kappa shape index (κ1) is 13.0. The number of amides is 1. The van der Waals surface area contributed by atoms with Crippen LogP contribution >= 0.6 is 0 Å². The average molecular weight is 251 g/mol. The highest BCUT2D eigenvalue weighted by Gasteiger charge is 2.53. The molecular formula is C14H18FNO2. The fraction of sp³-hybridized carbons (Fsp3) is 0.500. The van der Waals surface area contributed by atoms with E-state index >= 15 is 0 Å². The molecule has 0 atom stereocenters. The fourth-order valence-electron chi connectivity index (χ4n) is 2.06. The van der Waals surface area contributed by atoms with Gasteiger partial charge in [-0.15, -0.1) is 0 Å². The van der Waals surface area contributed by atoms with Crippen LogP contribution in [0.5, 0.6) is 0 Å². The van der Waals surface area contributed by atoms with Crippen LogP contribution in [-0.4, -0.2) is 23.2 Å².